The number of nitrogens with zero attached hydrogens (tertiary/aromatic N) is 1. The highest BCUT2D eigenvalue weighted by Crippen LogP contribution is 2.29. The fraction of sp³-hybridized carbons (Fsp3) is 0.538. The highest BCUT2D eigenvalue weighted by atomic mass is 35.5. The molecule has 1 aliphatic rings. The maximum atomic E-state index is 13.8. The predicted octanol–water partition coefficient (Wildman–Crippen LogP) is 2.52. The summed E-state index contributed by atoms with van der Waals surface area (Å²) in [5.41, 5.74) is 0. The molecule has 1 aliphatic heterocycles. The van der Waals surface area contributed by atoms with Crippen molar-refractivity contribution in [2.24, 2.45) is 5.92 Å². The van der Waals surface area contributed by atoms with Crippen LogP contribution < -0.4 is 5.32 Å². The van der Waals surface area contributed by atoms with Crippen LogP contribution in [0, 0.1) is 11.7 Å². The number of hydrogen-bond donors (Lipinski definition) is 1. The molecule has 0 aromatic heterocycles. The minimum Gasteiger partial charge on any atom is -0.319 e. The van der Waals surface area contributed by atoms with Gasteiger partial charge in [-0.05, 0) is 44.5 Å². The summed E-state index contributed by atoms with van der Waals surface area (Å²) in [5, 5.41) is 3.02. The molecule has 0 radical (unpaired) electrons. The molecule has 8 heteroatoms. The zero-order valence-corrected chi connectivity index (χ0v) is 14.1. The molecule has 1 aromatic carbocycles. The molecule has 1 saturated heterocycles. The monoisotopic (exact) mass is 356 g/mol. The largest absolute Gasteiger partial charge is 0.319 e. The summed E-state index contributed by atoms with van der Waals surface area (Å²) in [7, 11) is -1.98. The van der Waals surface area contributed by atoms with Gasteiger partial charge in [-0.3, -0.25) is 0 Å². The topological polar surface area (TPSA) is 49.4 Å². The van der Waals surface area contributed by atoms with Crippen LogP contribution in [-0.4, -0.2) is 39.4 Å². The van der Waals surface area contributed by atoms with Gasteiger partial charge in [-0.1, -0.05) is 17.7 Å². The molecule has 0 amide bonds. The third-order valence-electron chi connectivity index (χ3n) is 3.58. The lowest BCUT2D eigenvalue weighted by molar-refractivity contribution is 0.270. The van der Waals surface area contributed by atoms with Gasteiger partial charge < -0.3 is 5.32 Å². The van der Waals surface area contributed by atoms with Crippen LogP contribution in [0.25, 0.3) is 0 Å². The van der Waals surface area contributed by atoms with Crippen LogP contribution >= 0.6 is 24.0 Å². The van der Waals surface area contributed by atoms with Crippen molar-refractivity contribution in [2.45, 2.75) is 17.7 Å². The molecule has 1 fully saturated rings. The summed E-state index contributed by atoms with van der Waals surface area (Å²) >= 11 is 5.86. The van der Waals surface area contributed by atoms with Crippen LogP contribution in [0.4, 0.5) is 4.39 Å². The van der Waals surface area contributed by atoms with Crippen molar-refractivity contribution in [1.82, 2.24) is 9.62 Å². The Morgan fingerprint density at radius 1 is 1.38 bits per heavy atom. The van der Waals surface area contributed by atoms with Crippen molar-refractivity contribution in [3.8, 4) is 0 Å². The lowest BCUT2D eigenvalue weighted by Crippen LogP contribution is -2.40. The molecule has 0 atom stereocenters. The van der Waals surface area contributed by atoms with Gasteiger partial charge in [0, 0.05) is 13.1 Å². The Morgan fingerprint density at radius 3 is 2.52 bits per heavy atom. The van der Waals surface area contributed by atoms with Crippen molar-refractivity contribution in [1.29, 1.82) is 0 Å². The minimum atomic E-state index is -3.86. The molecule has 0 bridgehead atoms. The molecule has 1 aromatic rings. The van der Waals surface area contributed by atoms with Gasteiger partial charge in [0.05, 0.1) is 5.02 Å². The minimum absolute atomic E-state index is 0. The fourth-order valence-electron chi connectivity index (χ4n) is 2.50. The van der Waals surface area contributed by atoms with Gasteiger partial charge in [-0.15, -0.1) is 12.4 Å². The van der Waals surface area contributed by atoms with E-state index in [0.717, 1.165) is 25.5 Å². The fourth-order valence-corrected chi connectivity index (χ4v) is 4.53. The quantitative estimate of drug-likeness (QED) is 0.901. The molecule has 0 saturated carbocycles. The van der Waals surface area contributed by atoms with Gasteiger partial charge in [0.1, 0.15) is 10.7 Å². The first-order valence-electron chi connectivity index (χ1n) is 6.55. The van der Waals surface area contributed by atoms with E-state index in [1.807, 2.05) is 7.05 Å². The van der Waals surface area contributed by atoms with E-state index < -0.39 is 20.7 Å². The van der Waals surface area contributed by atoms with E-state index in [1.54, 1.807) is 0 Å². The van der Waals surface area contributed by atoms with Gasteiger partial charge in [-0.25, -0.2) is 12.8 Å². The number of sulfonamides is 1. The smallest absolute Gasteiger partial charge is 0.247 e. The first-order chi connectivity index (χ1) is 9.46. The average molecular weight is 357 g/mol. The molecule has 2 rings (SSSR count). The molecule has 4 nitrogen and oxygen atoms in total. The van der Waals surface area contributed by atoms with E-state index >= 15 is 0 Å². The van der Waals surface area contributed by atoms with Crippen molar-refractivity contribution < 1.29 is 12.8 Å². The number of rotatable bonds is 4. The van der Waals surface area contributed by atoms with Crippen LogP contribution in [-0.2, 0) is 10.0 Å². The van der Waals surface area contributed by atoms with Gasteiger partial charge in [0.15, 0.2) is 0 Å². The second-order valence-electron chi connectivity index (χ2n) is 4.96. The third kappa shape index (κ3) is 4.07. The van der Waals surface area contributed by atoms with E-state index in [0.29, 0.717) is 19.0 Å². The maximum absolute atomic E-state index is 13.8. The molecule has 120 valence electrons. The number of halogens is 3. The summed E-state index contributed by atoms with van der Waals surface area (Å²) in [6, 6.07) is 3.91. The van der Waals surface area contributed by atoms with Crippen LogP contribution in [0.1, 0.15) is 12.8 Å². The predicted molar refractivity (Wildman–Crippen MR) is 84.1 cm³/mol. The van der Waals surface area contributed by atoms with Gasteiger partial charge in [-0.2, -0.15) is 4.31 Å². The molecule has 1 N–H and O–H groups in total. The number of benzene rings is 1. The van der Waals surface area contributed by atoms with Crippen molar-refractivity contribution in [2.75, 3.05) is 26.7 Å². The lowest BCUT2D eigenvalue weighted by Gasteiger charge is -2.31. The summed E-state index contributed by atoms with van der Waals surface area (Å²) in [5.74, 6) is -0.336. The summed E-state index contributed by atoms with van der Waals surface area (Å²) in [6.45, 7) is 1.67. The van der Waals surface area contributed by atoms with Crippen molar-refractivity contribution in [3.05, 3.63) is 29.0 Å². The first-order valence-corrected chi connectivity index (χ1v) is 8.37. The molecule has 21 heavy (non-hydrogen) atoms. The zero-order valence-electron chi connectivity index (χ0n) is 11.7. The van der Waals surface area contributed by atoms with Crippen LogP contribution in [0.5, 0.6) is 0 Å². The van der Waals surface area contributed by atoms with Crippen LogP contribution in [0.2, 0.25) is 5.02 Å². The number of piperidine rings is 1. The van der Waals surface area contributed by atoms with Gasteiger partial charge >= 0.3 is 0 Å². The Hall–Kier alpha value is -0.400. The summed E-state index contributed by atoms with van der Waals surface area (Å²) in [6.07, 6.45) is 1.54. The number of hydrogen-bond acceptors (Lipinski definition) is 3. The van der Waals surface area contributed by atoms with E-state index in [9.17, 15) is 12.8 Å². The van der Waals surface area contributed by atoms with E-state index in [-0.39, 0.29) is 17.4 Å². The molecular formula is C13H19Cl2FN2O2S. The molecule has 1 heterocycles. The third-order valence-corrected chi connectivity index (χ3v) is 5.99. The van der Waals surface area contributed by atoms with Crippen LogP contribution in [0.15, 0.2) is 23.1 Å². The Labute approximate surface area is 136 Å². The van der Waals surface area contributed by atoms with Crippen LogP contribution in [0.3, 0.4) is 0 Å². The van der Waals surface area contributed by atoms with Crippen molar-refractivity contribution >= 4 is 34.0 Å². The second kappa shape index (κ2) is 7.74. The summed E-state index contributed by atoms with van der Waals surface area (Å²) < 4.78 is 40.1. The van der Waals surface area contributed by atoms with E-state index in [4.69, 9.17) is 11.6 Å². The molecular weight excluding hydrogens is 338 g/mol. The number of nitrogens with one attached hydrogen (secondary N) is 1. The van der Waals surface area contributed by atoms with E-state index in [2.05, 4.69) is 5.32 Å². The Bertz CT molecular complexity index is 555. The molecule has 0 spiro atoms. The normalized spacial score (nSPS) is 17.5. The second-order valence-corrected chi connectivity index (χ2v) is 7.24. The van der Waals surface area contributed by atoms with Gasteiger partial charge in [0.25, 0.3) is 0 Å². The standard InChI is InChI=1S/C13H18ClFN2O2S.ClH/c1-16-9-10-5-7-17(8-6-10)20(18,19)13-11(14)3-2-4-12(13)15;/h2-4,10,16H,5-9H2,1H3;1H. The SMILES string of the molecule is CNCC1CCN(S(=O)(=O)c2c(F)cccc2Cl)CC1.Cl. The highest BCUT2D eigenvalue weighted by Gasteiger charge is 2.32. The summed E-state index contributed by atoms with van der Waals surface area (Å²) in [4.78, 5) is -0.409. The van der Waals surface area contributed by atoms with Gasteiger partial charge in [0.2, 0.25) is 10.0 Å². The van der Waals surface area contributed by atoms with E-state index in [1.165, 1.54) is 16.4 Å². The zero-order chi connectivity index (χ0) is 14.8. The first kappa shape index (κ1) is 18.6. The average Bonchev–Trinajstić information content (AvgIpc) is 2.39. The van der Waals surface area contributed by atoms with Crippen molar-refractivity contribution in [3.63, 3.8) is 0 Å². The highest BCUT2D eigenvalue weighted by molar-refractivity contribution is 7.89. The Morgan fingerprint density at radius 2 is 2.00 bits per heavy atom. The Kier molecular flexibility index (Phi) is 6.87. The molecule has 0 aliphatic carbocycles. The molecule has 0 unspecified atom stereocenters. The Balaban J connectivity index is 0.00000220. The maximum Gasteiger partial charge on any atom is 0.247 e. The lowest BCUT2D eigenvalue weighted by atomic mass is 9.98.